The lowest BCUT2D eigenvalue weighted by Gasteiger charge is -2.15. The van der Waals surface area contributed by atoms with Crippen molar-refractivity contribution in [3.63, 3.8) is 0 Å². The number of benzene rings is 1. The Morgan fingerprint density at radius 3 is 2.22 bits per heavy atom. The fourth-order valence-corrected chi connectivity index (χ4v) is 4.72. The normalized spacial score (nSPS) is 23.3. The largest absolute Gasteiger partial charge is 0.300 e. The van der Waals surface area contributed by atoms with Crippen LogP contribution in [-0.2, 0) is 19.9 Å². The van der Waals surface area contributed by atoms with E-state index in [-0.39, 0.29) is 9.79 Å². The third-order valence-corrected chi connectivity index (χ3v) is 7.07. The molecule has 0 aromatic heterocycles. The number of sulfonamides is 1. The fourth-order valence-electron chi connectivity index (χ4n) is 2.98. The Balaban J connectivity index is 1.60. The van der Waals surface area contributed by atoms with Crippen LogP contribution in [0.5, 0.6) is 0 Å². The standard InChI is InChI=1S/C15H22N2O4S2/c1-22(18,19)14-4-6-15(7-5-14)23(20,21)16-10-12-8-9-17(11-12)13-2-3-13/h4-7,12-13,16H,2-3,8-11H2,1H3/t12-/m0/s1. The van der Waals surface area contributed by atoms with Gasteiger partial charge in [0.25, 0.3) is 0 Å². The van der Waals surface area contributed by atoms with Crippen LogP contribution in [-0.4, -0.2) is 53.7 Å². The van der Waals surface area contributed by atoms with E-state index >= 15 is 0 Å². The van der Waals surface area contributed by atoms with Crippen molar-refractivity contribution in [2.24, 2.45) is 5.92 Å². The molecule has 8 heteroatoms. The molecule has 2 fully saturated rings. The molecule has 1 aliphatic carbocycles. The topological polar surface area (TPSA) is 83.5 Å². The highest BCUT2D eigenvalue weighted by Gasteiger charge is 2.34. The molecule has 1 atom stereocenters. The lowest BCUT2D eigenvalue weighted by Crippen LogP contribution is -2.31. The summed E-state index contributed by atoms with van der Waals surface area (Å²) in [6, 6.07) is 6.05. The van der Waals surface area contributed by atoms with Gasteiger partial charge in [-0.3, -0.25) is 0 Å². The maximum atomic E-state index is 12.3. The second-order valence-electron chi connectivity index (χ2n) is 6.48. The van der Waals surface area contributed by atoms with Gasteiger partial charge in [-0.05, 0) is 56.0 Å². The van der Waals surface area contributed by atoms with Crippen molar-refractivity contribution in [1.29, 1.82) is 0 Å². The van der Waals surface area contributed by atoms with Crippen molar-refractivity contribution in [2.75, 3.05) is 25.9 Å². The van der Waals surface area contributed by atoms with Gasteiger partial charge in [0.2, 0.25) is 10.0 Å². The lowest BCUT2D eigenvalue weighted by molar-refractivity contribution is 0.314. The molecule has 1 aliphatic heterocycles. The number of sulfone groups is 1. The summed E-state index contributed by atoms with van der Waals surface area (Å²) in [5, 5.41) is 0. The molecule has 1 aromatic rings. The first kappa shape index (κ1) is 16.9. The molecule has 0 radical (unpaired) electrons. The minimum absolute atomic E-state index is 0.0990. The van der Waals surface area contributed by atoms with E-state index in [1.54, 1.807) is 0 Å². The Morgan fingerprint density at radius 2 is 1.65 bits per heavy atom. The van der Waals surface area contributed by atoms with E-state index in [0.717, 1.165) is 31.8 Å². The smallest absolute Gasteiger partial charge is 0.240 e. The van der Waals surface area contributed by atoms with Crippen LogP contribution in [0.15, 0.2) is 34.1 Å². The van der Waals surface area contributed by atoms with Gasteiger partial charge in [-0.25, -0.2) is 21.6 Å². The van der Waals surface area contributed by atoms with Gasteiger partial charge in [0.1, 0.15) is 0 Å². The average Bonchev–Trinajstić information content (AvgIpc) is 3.23. The predicted molar refractivity (Wildman–Crippen MR) is 87.4 cm³/mol. The zero-order valence-electron chi connectivity index (χ0n) is 13.1. The zero-order chi connectivity index (χ0) is 16.7. The molecule has 1 saturated heterocycles. The van der Waals surface area contributed by atoms with Crippen molar-refractivity contribution >= 4 is 19.9 Å². The van der Waals surface area contributed by atoms with Gasteiger partial charge >= 0.3 is 0 Å². The summed E-state index contributed by atoms with van der Waals surface area (Å²) >= 11 is 0. The molecule has 1 aromatic carbocycles. The van der Waals surface area contributed by atoms with Gasteiger partial charge in [-0.2, -0.15) is 0 Å². The number of nitrogens with zero attached hydrogens (tertiary/aromatic N) is 1. The minimum atomic E-state index is -3.60. The molecule has 0 spiro atoms. The van der Waals surface area contributed by atoms with Crippen molar-refractivity contribution in [3.05, 3.63) is 24.3 Å². The Labute approximate surface area is 137 Å². The van der Waals surface area contributed by atoms with Crippen LogP contribution in [0.4, 0.5) is 0 Å². The van der Waals surface area contributed by atoms with Crippen molar-refractivity contribution < 1.29 is 16.8 Å². The fraction of sp³-hybridized carbons (Fsp3) is 0.600. The van der Waals surface area contributed by atoms with Gasteiger partial charge in [0.05, 0.1) is 9.79 Å². The summed E-state index contributed by atoms with van der Waals surface area (Å²) in [4.78, 5) is 2.66. The summed E-state index contributed by atoms with van der Waals surface area (Å²) < 4.78 is 50.1. The van der Waals surface area contributed by atoms with Gasteiger partial charge in [0.15, 0.2) is 9.84 Å². The highest BCUT2D eigenvalue weighted by atomic mass is 32.2. The van der Waals surface area contributed by atoms with E-state index in [2.05, 4.69) is 9.62 Å². The molecule has 0 bridgehead atoms. The van der Waals surface area contributed by atoms with E-state index in [9.17, 15) is 16.8 Å². The van der Waals surface area contributed by atoms with E-state index in [4.69, 9.17) is 0 Å². The van der Waals surface area contributed by atoms with Crippen molar-refractivity contribution in [3.8, 4) is 0 Å². The molecule has 2 aliphatic rings. The molecule has 23 heavy (non-hydrogen) atoms. The van der Waals surface area contributed by atoms with Gasteiger partial charge in [-0.15, -0.1) is 0 Å². The summed E-state index contributed by atoms with van der Waals surface area (Å²) in [5.74, 6) is 0.348. The van der Waals surface area contributed by atoms with Gasteiger partial charge in [0, 0.05) is 25.4 Å². The molecule has 1 saturated carbocycles. The zero-order valence-corrected chi connectivity index (χ0v) is 14.7. The van der Waals surface area contributed by atoms with Crippen LogP contribution in [0, 0.1) is 5.92 Å². The summed E-state index contributed by atoms with van der Waals surface area (Å²) in [5.41, 5.74) is 0. The van der Waals surface area contributed by atoms with Crippen LogP contribution in [0.25, 0.3) is 0 Å². The molecule has 0 unspecified atom stereocenters. The molecule has 6 nitrogen and oxygen atoms in total. The first-order chi connectivity index (χ1) is 10.8. The van der Waals surface area contributed by atoms with Crippen molar-refractivity contribution in [2.45, 2.75) is 35.1 Å². The SMILES string of the molecule is CS(=O)(=O)c1ccc(S(=O)(=O)NC[C@@H]2CCN(C3CC3)C2)cc1. The predicted octanol–water partition coefficient (Wildman–Crippen LogP) is 0.853. The molecule has 128 valence electrons. The van der Waals surface area contributed by atoms with Crippen LogP contribution in [0.3, 0.4) is 0 Å². The number of likely N-dealkylation sites (tertiary alicyclic amines) is 1. The highest BCUT2D eigenvalue weighted by molar-refractivity contribution is 7.90. The van der Waals surface area contributed by atoms with Crippen molar-refractivity contribution in [1.82, 2.24) is 9.62 Å². The summed E-state index contributed by atoms with van der Waals surface area (Å²) in [6.07, 6.45) is 4.66. The Morgan fingerprint density at radius 1 is 1.04 bits per heavy atom. The summed E-state index contributed by atoms with van der Waals surface area (Å²) in [6.45, 7) is 2.44. The van der Waals surface area contributed by atoms with Crippen LogP contribution >= 0.6 is 0 Å². The second-order valence-corrected chi connectivity index (χ2v) is 10.3. The Hall–Kier alpha value is -0.960. The summed E-state index contributed by atoms with van der Waals surface area (Å²) in [7, 11) is -6.92. The maximum absolute atomic E-state index is 12.3. The third-order valence-electron chi connectivity index (χ3n) is 4.50. The molecule has 3 rings (SSSR count). The first-order valence-corrected chi connectivity index (χ1v) is 11.2. The number of hydrogen-bond donors (Lipinski definition) is 1. The van der Waals surface area contributed by atoms with Crippen LogP contribution in [0.2, 0.25) is 0 Å². The van der Waals surface area contributed by atoms with E-state index in [1.807, 2.05) is 0 Å². The molecule has 0 amide bonds. The number of nitrogens with one attached hydrogen (secondary N) is 1. The minimum Gasteiger partial charge on any atom is -0.300 e. The molecule has 1 N–H and O–H groups in total. The second kappa shape index (κ2) is 6.16. The average molecular weight is 358 g/mol. The van der Waals surface area contributed by atoms with Gasteiger partial charge in [-0.1, -0.05) is 0 Å². The first-order valence-electron chi connectivity index (χ1n) is 7.79. The van der Waals surface area contributed by atoms with Gasteiger partial charge < -0.3 is 4.90 Å². The Bertz CT molecular complexity index is 768. The molecular weight excluding hydrogens is 336 g/mol. The monoisotopic (exact) mass is 358 g/mol. The molecule has 1 heterocycles. The molecular formula is C15H22N2O4S2. The lowest BCUT2D eigenvalue weighted by atomic mass is 10.1. The van der Waals surface area contributed by atoms with E-state index in [0.29, 0.717) is 12.5 Å². The highest BCUT2D eigenvalue weighted by Crippen LogP contribution is 2.31. The van der Waals surface area contributed by atoms with E-state index < -0.39 is 19.9 Å². The third kappa shape index (κ3) is 4.12. The van der Waals surface area contributed by atoms with Crippen LogP contribution < -0.4 is 4.72 Å². The quantitative estimate of drug-likeness (QED) is 0.815. The maximum Gasteiger partial charge on any atom is 0.240 e. The Kier molecular flexibility index (Phi) is 4.52. The number of hydrogen-bond acceptors (Lipinski definition) is 5. The van der Waals surface area contributed by atoms with Crippen LogP contribution in [0.1, 0.15) is 19.3 Å². The number of rotatable bonds is 6. The van der Waals surface area contributed by atoms with E-state index in [1.165, 1.54) is 37.1 Å².